The Hall–Kier alpha value is -1.98. The maximum absolute atomic E-state index is 10.8. The van der Waals surface area contributed by atoms with Gasteiger partial charge in [0.15, 0.2) is 0 Å². The third kappa shape index (κ3) is 1.34. The fourth-order valence-corrected chi connectivity index (χ4v) is 1.47. The van der Waals surface area contributed by atoms with Crippen molar-refractivity contribution in [3.05, 3.63) is 33.3 Å². The molecule has 0 aromatic carbocycles. The van der Waals surface area contributed by atoms with Gasteiger partial charge in [0.1, 0.15) is 11.9 Å². The third-order valence-electron chi connectivity index (χ3n) is 2.37. The van der Waals surface area contributed by atoms with Crippen LogP contribution < -0.4 is 0 Å². The summed E-state index contributed by atoms with van der Waals surface area (Å²) in [5.41, 5.74) is 2.13. The van der Waals surface area contributed by atoms with Crippen LogP contribution >= 0.6 is 0 Å². The zero-order valence-corrected chi connectivity index (χ0v) is 8.68. The highest BCUT2D eigenvalue weighted by Crippen LogP contribution is 2.19. The van der Waals surface area contributed by atoms with Gasteiger partial charge in [0.2, 0.25) is 0 Å². The van der Waals surface area contributed by atoms with Crippen molar-refractivity contribution >= 4 is 11.6 Å². The highest BCUT2D eigenvalue weighted by Gasteiger charge is 2.20. The molecule has 0 spiro atoms. The summed E-state index contributed by atoms with van der Waals surface area (Å²) >= 11 is 0. The highest BCUT2D eigenvalue weighted by molar-refractivity contribution is 5.44. The van der Waals surface area contributed by atoms with Crippen LogP contribution in [0.25, 0.3) is 5.78 Å². The minimum absolute atomic E-state index is 0.0133. The highest BCUT2D eigenvalue weighted by atomic mass is 16.6. The van der Waals surface area contributed by atoms with Gasteiger partial charge in [0, 0.05) is 5.56 Å². The Morgan fingerprint density at radius 2 is 1.87 bits per heavy atom. The molecule has 6 nitrogen and oxygen atoms in total. The second-order valence-electron chi connectivity index (χ2n) is 3.46. The predicted molar refractivity (Wildman–Crippen MR) is 53.9 cm³/mol. The Morgan fingerprint density at radius 1 is 1.27 bits per heavy atom. The van der Waals surface area contributed by atoms with Gasteiger partial charge in [-0.2, -0.15) is 14.4 Å². The molecule has 0 amide bonds. The van der Waals surface area contributed by atoms with Crippen LogP contribution in [0, 0.1) is 30.9 Å². The molecule has 2 rings (SSSR count). The zero-order valence-electron chi connectivity index (χ0n) is 8.68. The van der Waals surface area contributed by atoms with Crippen molar-refractivity contribution in [2.75, 3.05) is 0 Å². The maximum atomic E-state index is 10.8. The predicted octanol–water partition coefficient (Wildman–Crippen LogP) is 1.56. The van der Waals surface area contributed by atoms with E-state index in [9.17, 15) is 10.1 Å². The summed E-state index contributed by atoms with van der Waals surface area (Å²) in [5, 5.41) is 10.8. The number of hydrogen-bond donors (Lipinski definition) is 0. The molecule has 0 fully saturated rings. The van der Waals surface area contributed by atoms with Crippen molar-refractivity contribution < 1.29 is 4.92 Å². The molecule has 0 radical (unpaired) electrons. The average Bonchev–Trinajstić information content (AvgIpc) is 2.41. The van der Waals surface area contributed by atoms with E-state index in [0.29, 0.717) is 11.5 Å². The van der Waals surface area contributed by atoms with Crippen LogP contribution in [-0.2, 0) is 0 Å². The number of nitro groups is 1. The van der Waals surface area contributed by atoms with Crippen molar-refractivity contribution in [1.82, 2.24) is 14.4 Å². The monoisotopic (exact) mass is 206 g/mol. The molecule has 15 heavy (non-hydrogen) atoms. The molecule has 0 atom stereocenters. The normalized spacial score (nSPS) is 10.9. The Bertz CT molecular complexity index is 559. The van der Waals surface area contributed by atoms with E-state index in [2.05, 4.69) is 9.97 Å². The topological polar surface area (TPSA) is 73.3 Å². The number of hydrogen-bond acceptors (Lipinski definition) is 4. The van der Waals surface area contributed by atoms with E-state index in [1.54, 1.807) is 13.1 Å². The lowest BCUT2D eigenvalue weighted by Crippen LogP contribution is -1.99. The minimum Gasteiger partial charge on any atom is -0.358 e. The lowest BCUT2D eigenvalue weighted by molar-refractivity contribution is -0.390. The maximum Gasteiger partial charge on any atom is 0.352 e. The van der Waals surface area contributed by atoms with Crippen LogP contribution in [0.3, 0.4) is 0 Å². The molecule has 0 saturated heterocycles. The van der Waals surface area contributed by atoms with Gasteiger partial charge >= 0.3 is 11.6 Å². The summed E-state index contributed by atoms with van der Waals surface area (Å²) in [7, 11) is 0. The summed E-state index contributed by atoms with van der Waals surface area (Å²) in [5.74, 6) is 0.364. The van der Waals surface area contributed by atoms with E-state index in [-0.39, 0.29) is 5.82 Å². The molecule has 0 saturated carbocycles. The van der Waals surface area contributed by atoms with E-state index in [0.717, 1.165) is 11.3 Å². The number of aromatic nitrogens is 3. The molecular weight excluding hydrogens is 196 g/mol. The first-order chi connectivity index (χ1) is 7.00. The van der Waals surface area contributed by atoms with Gasteiger partial charge in [-0.25, -0.2) is 0 Å². The molecule has 78 valence electrons. The zero-order chi connectivity index (χ0) is 11.2. The average molecular weight is 206 g/mol. The van der Waals surface area contributed by atoms with E-state index < -0.39 is 4.92 Å². The number of fused-ring (bicyclic) bond motifs is 1. The molecular formula is C9H10N4O2. The van der Waals surface area contributed by atoms with Crippen molar-refractivity contribution in [2.45, 2.75) is 20.8 Å². The van der Waals surface area contributed by atoms with Crippen LogP contribution in [-0.4, -0.2) is 19.3 Å². The first kappa shape index (κ1) is 9.57. The van der Waals surface area contributed by atoms with Gasteiger partial charge in [-0.15, -0.1) is 0 Å². The van der Waals surface area contributed by atoms with Crippen molar-refractivity contribution in [2.24, 2.45) is 0 Å². The van der Waals surface area contributed by atoms with Crippen LogP contribution in [0.5, 0.6) is 0 Å². The van der Waals surface area contributed by atoms with E-state index in [1.165, 1.54) is 4.40 Å². The van der Waals surface area contributed by atoms with E-state index in [4.69, 9.17) is 0 Å². The fourth-order valence-electron chi connectivity index (χ4n) is 1.47. The first-order valence-electron chi connectivity index (χ1n) is 4.48. The summed E-state index contributed by atoms with van der Waals surface area (Å²) in [6, 6.07) is 0. The standard InChI is InChI=1S/C9H10N4O2/c1-5-4-12-8(13(14)15)7(3)11-9(12)10-6(5)2/h4H,1-3H3. The van der Waals surface area contributed by atoms with Crippen molar-refractivity contribution in [3.63, 3.8) is 0 Å². The van der Waals surface area contributed by atoms with Gasteiger partial charge < -0.3 is 10.1 Å². The van der Waals surface area contributed by atoms with Crippen LogP contribution in [0.1, 0.15) is 17.0 Å². The Labute approximate surface area is 85.7 Å². The molecule has 0 aliphatic heterocycles. The number of nitrogens with zero attached hydrogens (tertiary/aromatic N) is 4. The molecule has 0 aliphatic carbocycles. The molecule has 0 N–H and O–H groups in total. The quantitative estimate of drug-likeness (QED) is 0.524. The summed E-state index contributed by atoms with van der Waals surface area (Å²) in [4.78, 5) is 18.6. The molecule has 2 aromatic rings. The van der Waals surface area contributed by atoms with E-state index in [1.807, 2.05) is 13.8 Å². The summed E-state index contributed by atoms with van der Waals surface area (Å²) in [6.07, 6.45) is 1.69. The number of imidazole rings is 1. The van der Waals surface area contributed by atoms with Gasteiger partial charge in [0.25, 0.3) is 0 Å². The Balaban J connectivity index is 2.87. The molecule has 2 heterocycles. The molecule has 0 aliphatic rings. The van der Waals surface area contributed by atoms with Crippen molar-refractivity contribution in [3.8, 4) is 0 Å². The molecule has 0 bridgehead atoms. The van der Waals surface area contributed by atoms with Gasteiger partial charge in [-0.3, -0.25) is 0 Å². The van der Waals surface area contributed by atoms with Crippen molar-refractivity contribution in [1.29, 1.82) is 0 Å². The molecule has 0 unspecified atom stereocenters. The van der Waals surface area contributed by atoms with Crippen LogP contribution in [0.4, 0.5) is 5.82 Å². The first-order valence-corrected chi connectivity index (χ1v) is 4.48. The molecule has 6 heteroatoms. The Kier molecular flexibility index (Phi) is 1.92. The van der Waals surface area contributed by atoms with Crippen LogP contribution in [0.2, 0.25) is 0 Å². The fraction of sp³-hybridized carbons (Fsp3) is 0.333. The van der Waals surface area contributed by atoms with Gasteiger partial charge in [-0.05, 0) is 25.7 Å². The number of rotatable bonds is 1. The second kappa shape index (κ2) is 3.01. The second-order valence-corrected chi connectivity index (χ2v) is 3.46. The lowest BCUT2D eigenvalue weighted by Gasteiger charge is -1.97. The largest absolute Gasteiger partial charge is 0.358 e. The third-order valence-corrected chi connectivity index (χ3v) is 2.37. The lowest BCUT2D eigenvalue weighted by atomic mass is 10.3. The van der Waals surface area contributed by atoms with Crippen LogP contribution in [0.15, 0.2) is 6.20 Å². The number of aryl methyl sites for hydroxylation is 3. The van der Waals surface area contributed by atoms with Gasteiger partial charge in [-0.1, -0.05) is 0 Å². The molecule has 2 aromatic heterocycles. The minimum atomic E-state index is -0.439. The summed E-state index contributed by atoms with van der Waals surface area (Å²) < 4.78 is 1.41. The Morgan fingerprint density at radius 3 is 2.47 bits per heavy atom. The summed E-state index contributed by atoms with van der Waals surface area (Å²) in [6.45, 7) is 5.32. The van der Waals surface area contributed by atoms with Gasteiger partial charge in [0.05, 0.1) is 5.69 Å². The van der Waals surface area contributed by atoms with E-state index >= 15 is 0 Å². The smallest absolute Gasteiger partial charge is 0.352 e. The SMILES string of the molecule is Cc1cn2c([N+](=O)[O-])c(C)nc2nc1C.